The van der Waals surface area contributed by atoms with Gasteiger partial charge >= 0.3 is 0 Å². The summed E-state index contributed by atoms with van der Waals surface area (Å²) in [6.45, 7) is 4.47. The summed E-state index contributed by atoms with van der Waals surface area (Å²) in [5.41, 5.74) is 0. The van der Waals surface area contributed by atoms with Crippen LogP contribution in [0.5, 0.6) is 0 Å². The highest BCUT2D eigenvalue weighted by Crippen LogP contribution is 2.14. The average molecular weight is 303 g/mol. The van der Waals surface area contributed by atoms with E-state index in [0.29, 0.717) is 6.54 Å². The molecule has 8 nitrogen and oxygen atoms in total. The second-order valence-electron chi connectivity index (χ2n) is 5.65. The molecule has 22 heavy (non-hydrogen) atoms. The maximum absolute atomic E-state index is 12.2. The van der Waals surface area contributed by atoms with Crippen molar-refractivity contribution in [1.29, 1.82) is 0 Å². The Bertz CT molecular complexity index is 600. The molecule has 0 spiro atoms. The number of hydrogen-bond donors (Lipinski definition) is 2. The van der Waals surface area contributed by atoms with E-state index in [1.54, 1.807) is 21.9 Å². The van der Waals surface area contributed by atoms with Crippen molar-refractivity contribution in [2.75, 3.05) is 13.1 Å². The van der Waals surface area contributed by atoms with Crippen LogP contribution in [0.2, 0.25) is 0 Å². The zero-order chi connectivity index (χ0) is 15.4. The van der Waals surface area contributed by atoms with Gasteiger partial charge in [0.05, 0.1) is 12.6 Å². The van der Waals surface area contributed by atoms with Crippen LogP contribution in [-0.4, -0.2) is 49.6 Å². The largest absolute Gasteiger partial charge is 0.345 e. The first-order valence-corrected chi connectivity index (χ1v) is 7.62. The molecule has 1 aliphatic heterocycles. The third kappa shape index (κ3) is 3.51. The Labute approximate surface area is 128 Å². The van der Waals surface area contributed by atoms with E-state index in [4.69, 9.17) is 0 Å². The standard InChI is InChI=1S/C14H21N7O/c1-11(9-20-7-3-6-17-20)18-14(22)13-16-10-21(19-13)12-4-2-5-15-8-12/h3,6-7,10-12,15H,2,4-5,8-9H2,1H3,(H,18,22)/t11-,12-/m0/s1. The van der Waals surface area contributed by atoms with E-state index < -0.39 is 0 Å². The molecule has 8 heteroatoms. The van der Waals surface area contributed by atoms with Crippen molar-refractivity contribution in [2.24, 2.45) is 0 Å². The molecule has 0 radical (unpaired) electrons. The van der Waals surface area contributed by atoms with Crippen molar-refractivity contribution in [3.05, 3.63) is 30.6 Å². The molecule has 2 aromatic heterocycles. The molecule has 3 heterocycles. The van der Waals surface area contributed by atoms with Gasteiger partial charge in [0.1, 0.15) is 6.33 Å². The third-order valence-electron chi connectivity index (χ3n) is 3.75. The number of carbonyl (C=O) groups is 1. The lowest BCUT2D eigenvalue weighted by Crippen LogP contribution is -2.36. The maximum Gasteiger partial charge on any atom is 0.291 e. The fourth-order valence-corrected chi connectivity index (χ4v) is 2.64. The summed E-state index contributed by atoms with van der Waals surface area (Å²) in [4.78, 5) is 16.3. The second kappa shape index (κ2) is 6.69. The van der Waals surface area contributed by atoms with Crippen molar-refractivity contribution >= 4 is 5.91 Å². The summed E-state index contributed by atoms with van der Waals surface area (Å²) >= 11 is 0. The van der Waals surface area contributed by atoms with Crippen molar-refractivity contribution in [3.8, 4) is 0 Å². The van der Waals surface area contributed by atoms with E-state index in [2.05, 4.69) is 25.8 Å². The normalized spacial score (nSPS) is 19.8. The Hall–Kier alpha value is -2.22. The van der Waals surface area contributed by atoms with Crippen LogP contribution in [0, 0.1) is 0 Å². The number of rotatable bonds is 5. The van der Waals surface area contributed by atoms with Gasteiger partial charge in [-0.05, 0) is 32.4 Å². The number of amides is 1. The Morgan fingerprint density at radius 2 is 2.50 bits per heavy atom. The fraction of sp³-hybridized carbons (Fsp3) is 0.571. The predicted octanol–water partition coefficient (Wildman–Crippen LogP) is 0.218. The number of nitrogens with one attached hydrogen (secondary N) is 2. The first-order valence-electron chi connectivity index (χ1n) is 7.62. The quantitative estimate of drug-likeness (QED) is 0.824. The molecule has 118 valence electrons. The molecule has 0 saturated carbocycles. The summed E-state index contributed by atoms with van der Waals surface area (Å²) in [5.74, 6) is -0.0277. The van der Waals surface area contributed by atoms with Gasteiger partial charge < -0.3 is 10.6 Å². The van der Waals surface area contributed by atoms with Gasteiger partial charge in [0.25, 0.3) is 5.91 Å². The van der Waals surface area contributed by atoms with E-state index in [0.717, 1.165) is 25.9 Å². The second-order valence-corrected chi connectivity index (χ2v) is 5.65. The number of aromatic nitrogens is 5. The lowest BCUT2D eigenvalue weighted by molar-refractivity contribution is 0.0924. The number of carbonyl (C=O) groups excluding carboxylic acids is 1. The maximum atomic E-state index is 12.2. The topological polar surface area (TPSA) is 89.7 Å². The molecule has 0 bridgehead atoms. The SMILES string of the molecule is C[C@@H](Cn1cccn1)NC(=O)c1ncn([C@H]2CCCNC2)n1. The van der Waals surface area contributed by atoms with Crippen LogP contribution in [-0.2, 0) is 6.54 Å². The predicted molar refractivity (Wildman–Crippen MR) is 80.3 cm³/mol. The molecule has 0 aromatic carbocycles. The highest BCUT2D eigenvalue weighted by Gasteiger charge is 2.19. The Morgan fingerprint density at radius 3 is 3.23 bits per heavy atom. The van der Waals surface area contributed by atoms with Crippen LogP contribution in [0.25, 0.3) is 0 Å². The molecular formula is C14H21N7O. The van der Waals surface area contributed by atoms with Crippen LogP contribution in [0.3, 0.4) is 0 Å². The lowest BCUT2D eigenvalue weighted by Gasteiger charge is -2.22. The number of hydrogen-bond acceptors (Lipinski definition) is 5. The number of nitrogens with zero attached hydrogens (tertiary/aromatic N) is 5. The average Bonchev–Trinajstić information content (AvgIpc) is 3.19. The molecular weight excluding hydrogens is 282 g/mol. The Balaban J connectivity index is 1.56. The Morgan fingerprint density at radius 1 is 1.59 bits per heavy atom. The summed E-state index contributed by atoms with van der Waals surface area (Å²) in [7, 11) is 0. The minimum atomic E-state index is -0.248. The van der Waals surface area contributed by atoms with Gasteiger partial charge in [-0.25, -0.2) is 9.67 Å². The summed E-state index contributed by atoms with van der Waals surface area (Å²) in [5, 5.41) is 14.7. The van der Waals surface area contributed by atoms with E-state index in [1.807, 2.05) is 19.2 Å². The van der Waals surface area contributed by atoms with E-state index in [9.17, 15) is 4.79 Å². The van der Waals surface area contributed by atoms with Crippen LogP contribution in [0.1, 0.15) is 36.4 Å². The summed E-state index contributed by atoms with van der Waals surface area (Å²) < 4.78 is 3.57. The van der Waals surface area contributed by atoms with Gasteiger partial charge in [-0.3, -0.25) is 9.48 Å². The van der Waals surface area contributed by atoms with Crippen LogP contribution < -0.4 is 10.6 Å². The van der Waals surface area contributed by atoms with Gasteiger partial charge in [-0.15, -0.1) is 5.10 Å². The fourth-order valence-electron chi connectivity index (χ4n) is 2.64. The summed E-state index contributed by atoms with van der Waals surface area (Å²) in [6.07, 6.45) is 7.41. The first-order chi connectivity index (χ1) is 10.7. The number of piperidine rings is 1. The molecule has 3 rings (SSSR count). The molecule has 1 fully saturated rings. The molecule has 2 aromatic rings. The van der Waals surface area contributed by atoms with Crippen molar-refractivity contribution in [3.63, 3.8) is 0 Å². The van der Waals surface area contributed by atoms with Gasteiger partial charge in [-0.1, -0.05) is 0 Å². The van der Waals surface area contributed by atoms with E-state index in [-0.39, 0.29) is 23.8 Å². The van der Waals surface area contributed by atoms with Crippen LogP contribution in [0.15, 0.2) is 24.8 Å². The van der Waals surface area contributed by atoms with Crippen LogP contribution in [0.4, 0.5) is 0 Å². The highest BCUT2D eigenvalue weighted by atomic mass is 16.2. The molecule has 0 unspecified atom stereocenters. The van der Waals surface area contributed by atoms with Crippen molar-refractivity contribution in [2.45, 2.75) is 38.4 Å². The zero-order valence-corrected chi connectivity index (χ0v) is 12.6. The molecule has 1 saturated heterocycles. The Kier molecular flexibility index (Phi) is 4.47. The molecule has 2 N–H and O–H groups in total. The van der Waals surface area contributed by atoms with Gasteiger partial charge in [-0.2, -0.15) is 5.10 Å². The van der Waals surface area contributed by atoms with Crippen LogP contribution >= 0.6 is 0 Å². The highest BCUT2D eigenvalue weighted by molar-refractivity contribution is 5.90. The molecule has 1 amide bonds. The summed E-state index contributed by atoms with van der Waals surface area (Å²) in [6, 6.07) is 2.09. The molecule has 0 aliphatic carbocycles. The van der Waals surface area contributed by atoms with Gasteiger partial charge in [0.15, 0.2) is 0 Å². The van der Waals surface area contributed by atoms with E-state index in [1.165, 1.54) is 0 Å². The minimum Gasteiger partial charge on any atom is -0.345 e. The van der Waals surface area contributed by atoms with Crippen molar-refractivity contribution in [1.82, 2.24) is 35.2 Å². The van der Waals surface area contributed by atoms with Gasteiger partial charge in [0, 0.05) is 25.0 Å². The zero-order valence-electron chi connectivity index (χ0n) is 12.6. The van der Waals surface area contributed by atoms with Crippen molar-refractivity contribution < 1.29 is 4.79 Å². The lowest BCUT2D eigenvalue weighted by atomic mass is 10.1. The first kappa shape index (κ1) is 14.7. The third-order valence-corrected chi connectivity index (χ3v) is 3.75. The van der Waals surface area contributed by atoms with E-state index >= 15 is 0 Å². The van der Waals surface area contributed by atoms with Gasteiger partial charge in [0.2, 0.25) is 5.82 Å². The monoisotopic (exact) mass is 303 g/mol. The minimum absolute atomic E-state index is 0.0457. The molecule has 1 aliphatic rings. The smallest absolute Gasteiger partial charge is 0.291 e. The molecule has 2 atom stereocenters.